The number of carbonyl (C=O) groups is 3. The van der Waals surface area contributed by atoms with E-state index in [0.717, 1.165) is 17.4 Å². The monoisotopic (exact) mass is 355 g/mol. The SMILES string of the molecule is CC(=O)NCCCc1cn(C2CCC(=O)NC2=O)c(=O)c2ccccc12. The Labute approximate surface area is 150 Å². The number of benzene rings is 1. The number of fused-ring (bicyclic) bond motifs is 1. The number of hydrogen-bond acceptors (Lipinski definition) is 4. The summed E-state index contributed by atoms with van der Waals surface area (Å²) in [6.45, 7) is 2.01. The van der Waals surface area contributed by atoms with Gasteiger partial charge < -0.3 is 9.88 Å². The maximum atomic E-state index is 12.9. The van der Waals surface area contributed by atoms with Crippen LogP contribution in [-0.4, -0.2) is 28.8 Å². The molecule has 7 nitrogen and oxygen atoms in total. The lowest BCUT2D eigenvalue weighted by molar-refractivity contribution is -0.135. The van der Waals surface area contributed by atoms with Crippen LogP contribution in [0.3, 0.4) is 0 Å². The summed E-state index contributed by atoms with van der Waals surface area (Å²) < 4.78 is 1.44. The van der Waals surface area contributed by atoms with Gasteiger partial charge in [0.2, 0.25) is 17.7 Å². The zero-order valence-corrected chi connectivity index (χ0v) is 14.6. The number of imide groups is 1. The molecule has 1 unspecified atom stereocenters. The van der Waals surface area contributed by atoms with Gasteiger partial charge >= 0.3 is 0 Å². The van der Waals surface area contributed by atoms with E-state index in [1.165, 1.54) is 11.5 Å². The van der Waals surface area contributed by atoms with Crippen molar-refractivity contribution in [3.8, 4) is 0 Å². The lowest BCUT2D eigenvalue weighted by atomic mass is 10.0. The summed E-state index contributed by atoms with van der Waals surface area (Å²) in [7, 11) is 0. The fraction of sp³-hybridized carbons (Fsp3) is 0.368. The van der Waals surface area contributed by atoms with Gasteiger partial charge in [0.25, 0.3) is 5.56 Å². The maximum absolute atomic E-state index is 12.9. The summed E-state index contributed by atoms with van der Waals surface area (Å²) in [5, 5.41) is 6.46. The van der Waals surface area contributed by atoms with Crippen LogP contribution in [0.25, 0.3) is 10.8 Å². The third kappa shape index (κ3) is 3.66. The molecule has 2 aromatic rings. The number of hydrogen-bond donors (Lipinski definition) is 2. The molecule has 0 saturated carbocycles. The Bertz CT molecular complexity index is 932. The summed E-state index contributed by atoms with van der Waals surface area (Å²) >= 11 is 0. The van der Waals surface area contributed by atoms with Gasteiger partial charge in [-0.3, -0.25) is 24.5 Å². The second-order valence-corrected chi connectivity index (χ2v) is 6.47. The van der Waals surface area contributed by atoms with E-state index in [1.807, 2.05) is 12.1 Å². The van der Waals surface area contributed by atoms with Crippen molar-refractivity contribution in [2.24, 2.45) is 0 Å². The molecule has 3 rings (SSSR count). The molecule has 2 heterocycles. The lowest BCUT2D eigenvalue weighted by Gasteiger charge is -2.24. The second-order valence-electron chi connectivity index (χ2n) is 6.47. The van der Waals surface area contributed by atoms with E-state index < -0.39 is 11.9 Å². The number of aryl methyl sites for hydroxylation is 1. The third-order valence-electron chi connectivity index (χ3n) is 4.58. The molecule has 0 radical (unpaired) electrons. The van der Waals surface area contributed by atoms with Gasteiger partial charge in [0, 0.05) is 31.5 Å². The quantitative estimate of drug-likeness (QED) is 0.619. The number of rotatable bonds is 5. The van der Waals surface area contributed by atoms with Crippen LogP contribution in [0.15, 0.2) is 35.3 Å². The van der Waals surface area contributed by atoms with Crippen LogP contribution in [0.2, 0.25) is 0 Å². The highest BCUT2D eigenvalue weighted by Gasteiger charge is 2.29. The molecule has 136 valence electrons. The van der Waals surface area contributed by atoms with Crippen molar-refractivity contribution in [3.63, 3.8) is 0 Å². The van der Waals surface area contributed by atoms with Crippen molar-refractivity contribution in [1.29, 1.82) is 0 Å². The Kier molecular flexibility index (Phi) is 5.16. The maximum Gasteiger partial charge on any atom is 0.259 e. The van der Waals surface area contributed by atoms with E-state index in [-0.39, 0.29) is 23.8 Å². The van der Waals surface area contributed by atoms with Gasteiger partial charge in [0.15, 0.2) is 0 Å². The van der Waals surface area contributed by atoms with Crippen LogP contribution in [0.4, 0.5) is 0 Å². The zero-order valence-electron chi connectivity index (χ0n) is 14.6. The van der Waals surface area contributed by atoms with Crippen LogP contribution in [-0.2, 0) is 20.8 Å². The number of piperidine rings is 1. The average Bonchev–Trinajstić information content (AvgIpc) is 2.61. The minimum atomic E-state index is -0.682. The van der Waals surface area contributed by atoms with Gasteiger partial charge in [-0.2, -0.15) is 0 Å². The van der Waals surface area contributed by atoms with Gasteiger partial charge in [0.05, 0.1) is 0 Å². The number of pyridine rings is 1. The number of aromatic nitrogens is 1. The molecule has 1 aromatic carbocycles. The van der Waals surface area contributed by atoms with Gasteiger partial charge in [-0.05, 0) is 36.3 Å². The van der Waals surface area contributed by atoms with Gasteiger partial charge in [-0.15, -0.1) is 0 Å². The van der Waals surface area contributed by atoms with E-state index in [2.05, 4.69) is 10.6 Å². The van der Waals surface area contributed by atoms with Crippen molar-refractivity contribution in [3.05, 3.63) is 46.4 Å². The summed E-state index contributed by atoms with van der Waals surface area (Å²) in [4.78, 5) is 47.5. The van der Waals surface area contributed by atoms with Crippen LogP contribution in [0, 0.1) is 0 Å². The molecule has 1 aromatic heterocycles. The van der Waals surface area contributed by atoms with Crippen molar-refractivity contribution in [2.45, 2.75) is 38.6 Å². The number of amides is 3. The van der Waals surface area contributed by atoms with Gasteiger partial charge in [0.1, 0.15) is 6.04 Å². The predicted octanol–water partition coefficient (Wildman–Crippen LogP) is 1.05. The van der Waals surface area contributed by atoms with E-state index in [1.54, 1.807) is 18.3 Å². The molecular formula is C19H21N3O4. The molecule has 0 aliphatic carbocycles. The summed E-state index contributed by atoms with van der Waals surface area (Å²) in [6, 6.07) is 6.62. The minimum Gasteiger partial charge on any atom is -0.356 e. The number of nitrogens with one attached hydrogen (secondary N) is 2. The Morgan fingerprint density at radius 1 is 1.23 bits per heavy atom. The number of nitrogens with zero attached hydrogens (tertiary/aromatic N) is 1. The first-order valence-electron chi connectivity index (χ1n) is 8.68. The fourth-order valence-electron chi connectivity index (χ4n) is 3.31. The molecule has 1 saturated heterocycles. The van der Waals surface area contributed by atoms with Crippen molar-refractivity contribution in [2.75, 3.05) is 6.54 Å². The smallest absolute Gasteiger partial charge is 0.259 e. The highest BCUT2D eigenvalue weighted by Crippen LogP contribution is 2.22. The average molecular weight is 355 g/mol. The highest BCUT2D eigenvalue weighted by atomic mass is 16.2. The van der Waals surface area contributed by atoms with Crippen LogP contribution in [0.1, 0.15) is 37.8 Å². The van der Waals surface area contributed by atoms with Gasteiger partial charge in [-0.25, -0.2) is 0 Å². The predicted molar refractivity (Wildman–Crippen MR) is 96.6 cm³/mol. The second kappa shape index (κ2) is 7.51. The third-order valence-corrected chi connectivity index (χ3v) is 4.58. The van der Waals surface area contributed by atoms with E-state index in [0.29, 0.717) is 24.8 Å². The Hall–Kier alpha value is -2.96. The molecule has 3 amide bonds. The zero-order chi connectivity index (χ0) is 18.7. The molecular weight excluding hydrogens is 334 g/mol. The molecule has 0 spiro atoms. The fourth-order valence-corrected chi connectivity index (χ4v) is 3.31. The van der Waals surface area contributed by atoms with E-state index in [4.69, 9.17) is 0 Å². The molecule has 1 aliphatic heterocycles. The lowest BCUT2D eigenvalue weighted by Crippen LogP contribution is -2.44. The topological polar surface area (TPSA) is 97.3 Å². The van der Waals surface area contributed by atoms with Crippen molar-refractivity contribution >= 4 is 28.5 Å². The van der Waals surface area contributed by atoms with Crippen molar-refractivity contribution < 1.29 is 14.4 Å². The number of carbonyl (C=O) groups excluding carboxylic acids is 3. The van der Waals surface area contributed by atoms with Gasteiger partial charge in [-0.1, -0.05) is 18.2 Å². The summed E-state index contributed by atoms with van der Waals surface area (Å²) in [6.07, 6.45) is 3.63. The molecule has 1 atom stereocenters. The summed E-state index contributed by atoms with van der Waals surface area (Å²) in [5.74, 6) is -0.832. The Morgan fingerprint density at radius 3 is 2.65 bits per heavy atom. The molecule has 1 aliphatic rings. The normalized spacial score (nSPS) is 17.2. The molecule has 7 heteroatoms. The Balaban J connectivity index is 1.97. The van der Waals surface area contributed by atoms with E-state index >= 15 is 0 Å². The standard InChI is InChI=1S/C19H21N3O4/c1-12(23)20-10-4-5-13-11-22(16-8-9-17(24)21-18(16)25)19(26)15-7-3-2-6-14(13)15/h2-3,6-7,11,16H,4-5,8-10H2,1H3,(H,20,23)(H,21,24,25). The van der Waals surface area contributed by atoms with E-state index in [9.17, 15) is 19.2 Å². The minimum absolute atomic E-state index is 0.0802. The first-order chi connectivity index (χ1) is 12.5. The van der Waals surface area contributed by atoms with Crippen molar-refractivity contribution in [1.82, 2.24) is 15.2 Å². The molecule has 26 heavy (non-hydrogen) atoms. The Morgan fingerprint density at radius 2 is 1.96 bits per heavy atom. The summed E-state index contributed by atoms with van der Waals surface area (Å²) in [5.41, 5.74) is 0.705. The molecule has 1 fully saturated rings. The van der Waals surface area contributed by atoms with Crippen LogP contribution >= 0.6 is 0 Å². The van der Waals surface area contributed by atoms with Crippen LogP contribution in [0.5, 0.6) is 0 Å². The largest absolute Gasteiger partial charge is 0.356 e. The first-order valence-corrected chi connectivity index (χ1v) is 8.68. The first kappa shape index (κ1) is 17.8. The van der Waals surface area contributed by atoms with Crippen LogP contribution < -0.4 is 16.2 Å². The molecule has 2 N–H and O–H groups in total. The molecule has 0 bridgehead atoms. The highest BCUT2D eigenvalue weighted by molar-refractivity contribution is 5.99.